The molecule has 0 atom stereocenters. The third-order valence-corrected chi connectivity index (χ3v) is 4.07. The van der Waals surface area contributed by atoms with E-state index in [0.717, 1.165) is 49.7 Å². The number of hydrogen-bond acceptors (Lipinski definition) is 3. The molecule has 0 saturated heterocycles. The van der Waals surface area contributed by atoms with Crippen molar-refractivity contribution in [3.63, 3.8) is 0 Å². The van der Waals surface area contributed by atoms with Gasteiger partial charge in [0.2, 0.25) is 0 Å². The van der Waals surface area contributed by atoms with E-state index < -0.39 is 0 Å². The summed E-state index contributed by atoms with van der Waals surface area (Å²) in [5.74, 6) is 0.899. The predicted octanol–water partition coefficient (Wildman–Crippen LogP) is 5.70. The van der Waals surface area contributed by atoms with Gasteiger partial charge in [0.05, 0.1) is 22.3 Å². The molecule has 0 aliphatic rings. The maximum atomic E-state index is 6.00. The minimum absolute atomic E-state index is 0.555. The summed E-state index contributed by atoms with van der Waals surface area (Å²) in [6.07, 6.45) is 2.19. The zero-order chi connectivity index (χ0) is 16.5. The molecule has 0 amide bonds. The molecule has 0 bridgehead atoms. The molecule has 124 valence electrons. The molecule has 0 aliphatic heterocycles. The quantitative estimate of drug-likeness (QED) is 0.568. The summed E-state index contributed by atoms with van der Waals surface area (Å²) in [7, 11) is 0. The van der Waals surface area contributed by atoms with Gasteiger partial charge >= 0.3 is 0 Å². The van der Waals surface area contributed by atoms with E-state index in [2.05, 4.69) is 17.6 Å². The summed E-state index contributed by atoms with van der Waals surface area (Å²) < 4.78 is 5.81. The van der Waals surface area contributed by atoms with Crippen molar-refractivity contribution in [2.24, 2.45) is 0 Å². The number of nitrogens with one attached hydrogen (secondary N) is 2. The number of anilines is 2. The molecule has 0 radical (unpaired) electrons. The molecule has 0 unspecified atom stereocenters. The standard InChI is InChI=1S/C18H22Cl2N2O/c1-2-3-12-23-18-7-5-4-6-17(18)22-11-10-21-14-8-9-15(19)16(20)13-14/h4-9,13,21-22H,2-3,10-12H2,1H3. The monoisotopic (exact) mass is 352 g/mol. The fourth-order valence-electron chi connectivity index (χ4n) is 2.08. The van der Waals surface area contributed by atoms with Crippen LogP contribution < -0.4 is 15.4 Å². The van der Waals surface area contributed by atoms with Crippen molar-refractivity contribution in [2.75, 3.05) is 30.3 Å². The first-order valence-corrected chi connectivity index (χ1v) is 8.61. The van der Waals surface area contributed by atoms with Gasteiger partial charge in [0.1, 0.15) is 5.75 Å². The molecule has 0 aromatic heterocycles. The van der Waals surface area contributed by atoms with Crippen molar-refractivity contribution in [2.45, 2.75) is 19.8 Å². The molecule has 5 heteroatoms. The highest BCUT2D eigenvalue weighted by Crippen LogP contribution is 2.25. The zero-order valence-electron chi connectivity index (χ0n) is 13.2. The maximum absolute atomic E-state index is 6.00. The van der Waals surface area contributed by atoms with Gasteiger partial charge in [-0.25, -0.2) is 0 Å². The minimum atomic E-state index is 0.555. The first-order valence-electron chi connectivity index (χ1n) is 7.85. The van der Waals surface area contributed by atoms with Crippen LogP contribution in [-0.4, -0.2) is 19.7 Å². The van der Waals surface area contributed by atoms with Gasteiger partial charge in [-0.2, -0.15) is 0 Å². The van der Waals surface area contributed by atoms with Gasteiger partial charge in [-0.1, -0.05) is 48.7 Å². The van der Waals surface area contributed by atoms with E-state index in [9.17, 15) is 0 Å². The van der Waals surface area contributed by atoms with Crippen LogP contribution in [0.3, 0.4) is 0 Å². The molecule has 2 aromatic carbocycles. The fourth-order valence-corrected chi connectivity index (χ4v) is 2.37. The number of ether oxygens (including phenoxy) is 1. The minimum Gasteiger partial charge on any atom is -0.491 e. The normalized spacial score (nSPS) is 10.4. The summed E-state index contributed by atoms with van der Waals surface area (Å²) >= 11 is 11.9. The first-order chi connectivity index (χ1) is 11.2. The van der Waals surface area contributed by atoms with E-state index in [4.69, 9.17) is 27.9 Å². The van der Waals surface area contributed by atoms with E-state index in [0.29, 0.717) is 10.0 Å². The van der Waals surface area contributed by atoms with Gasteiger partial charge in [0.25, 0.3) is 0 Å². The van der Waals surface area contributed by atoms with Crippen molar-refractivity contribution in [3.8, 4) is 5.75 Å². The van der Waals surface area contributed by atoms with Crippen LogP contribution in [-0.2, 0) is 0 Å². The van der Waals surface area contributed by atoms with Crippen LogP contribution >= 0.6 is 23.2 Å². The summed E-state index contributed by atoms with van der Waals surface area (Å²) in [5.41, 5.74) is 1.97. The molecule has 0 heterocycles. The second-order valence-electron chi connectivity index (χ2n) is 5.18. The highest BCUT2D eigenvalue weighted by atomic mass is 35.5. The third-order valence-electron chi connectivity index (χ3n) is 3.33. The largest absolute Gasteiger partial charge is 0.491 e. The molecule has 0 saturated carbocycles. The predicted molar refractivity (Wildman–Crippen MR) is 100 cm³/mol. The summed E-state index contributed by atoms with van der Waals surface area (Å²) in [4.78, 5) is 0. The SMILES string of the molecule is CCCCOc1ccccc1NCCNc1ccc(Cl)c(Cl)c1. The van der Waals surface area contributed by atoms with Crippen LogP contribution in [0, 0.1) is 0 Å². The molecular formula is C18H22Cl2N2O. The van der Waals surface area contributed by atoms with Crippen LogP contribution in [0.2, 0.25) is 10.0 Å². The van der Waals surface area contributed by atoms with Crippen molar-refractivity contribution in [1.29, 1.82) is 0 Å². The number of para-hydroxylation sites is 2. The van der Waals surface area contributed by atoms with Crippen LogP contribution in [0.15, 0.2) is 42.5 Å². The summed E-state index contributed by atoms with van der Waals surface area (Å²) in [6, 6.07) is 13.5. The van der Waals surface area contributed by atoms with Gasteiger partial charge in [0.15, 0.2) is 0 Å². The Labute approximate surface area is 147 Å². The Kier molecular flexibility index (Phi) is 7.37. The van der Waals surface area contributed by atoms with Crippen LogP contribution in [0.25, 0.3) is 0 Å². The molecule has 23 heavy (non-hydrogen) atoms. The molecule has 0 spiro atoms. The van der Waals surface area contributed by atoms with Crippen molar-refractivity contribution in [1.82, 2.24) is 0 Å². The van der Waals surface area contributed by atoms with Crippen LogP contribution in [0.5, 0.6) is 5.75 Å². The van der Waals surface area contributed by atoms with E-state index >= 15 is 0 Å². The maximum Gasteiger partial charge on any atom is 0.142 e. The van der Waals surface area contributed by atoms with Crippen molar-refractivity contribution >= 4 is 34.6 Å². The summed E-state index contributed by atoms with van der Waals surface area (Å²) in [5, 5.41) is 7.82. The molecule has 2 aromatic rings. The molecule has 0 aliphatic carbocycles. The average molecular weight is 353 g/mol. The molecule has 2 N–H and O–H groups in total. The highest BCUT2D eigenvalue weighted by molar-refractivity contribution is 6.42. The van der Waals surface area contributed by atoms with Crippen LogP contribution in [0.1, 0.15) is 19.8 Å². The number of halogens is 2. The Bertz CT molecular complexity index is 620. The zero-order valence-corrected chi connectivity index (χ0v) is 14.8. The lowest BCUT2D eigenvalue weighted by Gasteiger charge is -2.14. The lowest BCUT2D eigenvalue weighted by Crippen LogP contribution is -2.14. The fraction of sp³-hybridized carbons (Fsp3) is 0.333. The van der Waals surface area contributed by atoms with Crippen molar-refractivity contribution < 1.29 is 4.74 Å². The molecule has 0 fully saturated rings. The number of benzene rings is 2. The van der Waals surface area contributed by atoms with Gasteiger partial charge in [0, 0.05) is 18.8 Å². The molecular weight excluding hydrogens is 331 g/mol. The number of rotatable bonds is 9. The smallest absolute Gasteiger partial charge is 0.142 e. The van der Waals surface area contributed by atoms with E-state index in [1.54, 1.807) is 6.07 Å². The van der Waals surface area contributed by atoms with Gasteiger partial charge in [-0.05, 0) is 36.8 Å². The molecule has 3 nitrogen and oxygen atoms in total. The van der Waals surface area contributed by atoms with E-state index in [-0.39, 0.29) is 0 Å². The van der Waals surface area contributed by atoms with Crippen molar-refractivity contribution in [3.05, 3.63) is 52.5 Å². The number of unbranched alkanes of at least 4 members (excludes halogenated alkanes) is 1. The lowest BCUT2D eigenvalue weighted by atomic mass is 10.3. The van der Waals surface area contributed by atoms with Gasteiger partial charge in [-0.15, -0.1) is 0 Å². The second kappa shape index (κ2) is 9.53. The lowest BCUT2D eigenvalue weighted by molar-refractivity contribution is 0.311. The molecule has 2 rings (SSSR count). The van der Waals surface area contributed by atoms with Crippen LogP contribution in [0.4, 0.5) is 11.4 Å². The summed E-state index contributed by atoms with van der Waals surface area (Å²) in [6.45, 7) is 4.44. The van der Waals surface area contributed by atoms with E-state index in [1.165, 1.54) is 0 Å². The topological polar surface area (TPSA) is 33.3 Å². The highest BCUT2D eigenvalue weighted by Gasteiger charge is 2.02. The number of hydrogen-bond donors (Lipinski definition) is 2. The first kappa shape index (κ1) is 17.8. The van der Waals surface area contributed by atoms with Gasteiger partial charge < -0.3 is 15.4 Å². The van der Waals surface area contributed by atoms with Gasteiger partial charge in [-0.3, -0.25) is 0 Å². The Morgan fingerprint density at radius 3 is 2.52 bits per heavy atom. The second-order valence-corrected chi connectivity index (χ2v) is 6.00. The Hall–Kier alpha value is -1.58. The Morgan fingerprint density at radius 2 is 1.74 bits per heavy atom. The Morgan fingerprint density at radius 1 is 0.957 bits per heavy atom. The Balaban J connectivity index is 1.80. The van der Waals surface area contributed by atoms with E-state index in [1.807, 2.05) is 36.4 Å². The third kappa shape index (κ3) is 5.85. The average Bonchev–Trinajstić information content (AvgIpc) is 2.56.